The van der Waals surface area contributed by atoms with Gasteiger partial charge in [0.15, 0.2) is 11.5 Å². The molecule has 0 unspecified atom stereocenters. The van der Waals surface area contributed by atoms with Crippen molar-refractivity contribution in [2.75, 3.05) is 45.0 Å². The number of amides is 1. The van der Waals surface area contributed by atoms with Crippen LogP contribution < -0.4 is 23.8 Å². The largest absolute Gasteiger partial charge is 0.493 e. The minimum absolute atomic E-state index is 0.00241. The summed E-state index contributed by atoms with van der Waals surface area (Å²) in [6.07, 6.45) is 2.61. The Morgan fingerprint density at radius 1 is 1.20 bits per heavy atom. The molecule has 0 aliphatic carbocycles. The Morgan fingerprint density at radius 3 is 2.16 bits per heavy atom. The Balaban J connectivity index is 3.19. The van der Waals surface area contributed by atoms with Crippen molar-refractivity contribution >= 4 is 21.6 Å². The molecule has 0 aromatic heterocycles. The van der Waals surface area contributed by atoms with E-state index in [1.807, 2.05) is 0 Å². The third kappa shape index (κ3) is 5.56. The van der Waals surface area contributed by atoms with Crippen LogP contribution in [0, 0.1) is 0 Å². The second kappa shape index (κ2) is 9.16. The smallest absolute Gasteiger partial charge is 0.232 e. The van der Waals surface area contributed by atoms with Crippen molar-refractivity contribution in [3.8, 4) is 17.2 Å². The van der Waals surface area contributed by atoms with E-state index in [2.05, 4.69) is 11.9 Å². The lowest BCUT2D eigenvalue weighted by Crippen LogP contribution is -2.34. The topological polar surface area (TPSA) is 94.2 Å². The first-order valence-corrected chi connectivity index (χ1v) is 9.28. The fourth-order valence-electron chi connectivity index (χ4n) is 2.18. The van der Waals surface area contributed by atoms with E-state index >= 15 is 0 Å². The zero-order valence-electron chi connectivity index (χ0n) is 14.9. The number of hydrogen-bond acceptors (Lipinski definition) is 6. The molecule has 0 aliphatic rings. The van der Waals surface area contributed by atoms with Crippen LogP contribution in [0.5, 0.6) is 17.2 Å². The lowest BCUT2D eigenvalue weighted by atomic mass is 10.2. The molecule has 0 radical (unpaired) electrons. The van der Waals surface area contributed by atoms with E-state index in [1.165, 1.54) is 33.5 Å². The number of rotatable bonds is 10. The van der Waals surface area contributed by atoms with Crippen LogP contribution in [0.25, 0.3) is 0 Å². The summed E-state index contributed by atoms with van der Waals surface area (Å²) in [7, 11) is 0.712. The highest BCUT2D eigenvalue weighted by Crippen LogP contribution is 2.41. The van der Waals surface area contributed by atoms with Crippen molar-refractivity contribution in [1.29, 1.82) is 0 Å². The molecule has 0 aliphatic heterocycles. The van der Waals surface area contributed by atoms with Gasteiger partial charge >= 0.3 is 0 Å². The van der Waals surface area contributed by atoms with Gasteiger partial charge in [-0.1, -0.05) is 6.08 Å². The van der Waals surface area contributed by atoms with Gasteiger partial charge in [-0.05, 0) is 0 Å². The van der Waals surface area contributed by atoms with Crippen LogP contribution in [-0.2, 0) is 14.8 Å². The number of nitrogens with zero attached hydrogens (tertiary/aromatic N) is 1. The Labute approximate surface area is 148 Å². The highest BCUT2D eigenvalue weighted by Gasteiger charge is 2.23. The number of methoxy groups -OCH3 is 3. The van der Waals surface area contributed by atoms with E-state index in [1.54, 1.807) is 6.08 Å². The minimum Gasteiger partial charge on any atom is -0.493 e. The Morgan fingerprint density at radius 2 is 1.76 bits per heavy atom. The van der Waals surface area contributed by atoms with Gasteiger partial charge in [-0.2, -0.15) is 0 Å². The maximum absolute atomic E-state index is 12.2. The molecular formula is C16H24N2O6S. The fourth-order valence-corrected chi connectivity index (χ4v) is 3.09. The van der Waals surface area contributed by atoms with Gasteiger partial charge in [-0.15, -0.1) is 6.58 Å². The van der Waals surface area contributed by atoms with E-state index in [-0.39, 0.29) is 18.9 Å². The molecular weight excluding hydrogens is 348 g/mol. The van der Waals surface area contributed by atoms with Crippen LogP contribution in [0.15, 0.2) is 24.8 Å². The Kier molecular flexibility index (Phi) is 7.56. The third-order valence-corrected chi connectivity index (χ3v) is 4.52. The Bertz CT molecular complexity index is 692. The summed E-state index contributed by atoms with van der Waals surface area (Å²) in [4.78, 5) is 11.8. The SMILES string of the molecule is C=CCNC(=O)CCN(c1cc(OC)c(OC)c(OC)c1)S(C)(=O)=O. The van der Waals surface area contributed by atoms with Gasteiger partial charge in [0.05, 0.1) is 33.3 Å². The van der Waals surface area contributed by atoms with Gasteiger partial charge in [0.2, 0.25) is 21.7 Å². The van der Waals surface area contributed by atoms with Crippen LogP contribution in [0.4, 0.5) is 5.69 Å². The number of sulfonamides is 1. The maximum atomic E-state index is 12.2. The molecule has 0 spiro atoms. The average Bonchev–Trinajstić information content (AvgIpc) is 2.57. The van der Waals surface area contributed by atoms with E-state index < -0.39 is 10.0 Å². The third-order valence-electron chi connectivity index (χ3n) is 3.32. The Hall–Kier alpha value is -2.42. The molecule has 0 atom stereocenters. The summed E-state index contributed by atoms with van der Waals surface area (Å²) in [5.74, 6) is 0.718. The zero-order chi connectivity index (χ0) is 19.0. The first-order valence-electron chi connectivity index (χ1n) is 7.43. The molecule has 25 heavy (non-hydrogen) atoms. The van der Waals surface area contributed by atoms with Crippen LogP contribution in [0.1, 0.15) is 6.42 Å². The van der Waals surface area contributed by atoms with Crippen LogP contribution in [0.3, 0.4) is 0 Å². The number of nitrogens with one attached hydrogen (secondary N) is 1. The summed E-state index contributed by atoms with van der Waals surface area (Å²) in [5.41, 5.74) is 0.313. The first-order chi connectivity index (χ1) is 11.8. The fraction of sp³-hybridized carbons (Fsp3) is 0.438. The molecule has 9 heteroatoms. The van der Waals surface area contributed by atoms with Crippen LogP contribution in [0.2, 0.25) is 0 Å². The number of hydrogen-bond donors (Lipinski definition) is 1. The van der Waals surface area contributed by atoms with Crippen LogP contribution in [-0.4, -0.2) is 55.0 Å². The van der Waals surface area contributed by atoms with Gasteiger partial charge in [0, 0.05) is 31.6 Å². The van der Waals surface area contributed by atoms with Crippen molar-refractivity contribution in [3.63, 3.8) is 0 Å². The molecule has 1 N–H and O–H groups in total. The molecule has 1 rings (SSSR count). The van der Waals surface area contributed by atoms with E-state index in [0.29, 0.717) is 29.5 Å². The van der Waals surface area contributed by atoms with Crippen LogP contribution >= 0.6 is 0 Å². The molecule has 0 saturated heterocycles. The monoisotopic (exact) mass is 372 g/mol. The first kappa shape index (κ1) is 20.6. The van der Waals surface area contributed by atoms with Gasteiger partial charge in [-0.3, -0.25) is 9.10 Å². The lowest BCUT2D eigenvalue weighted by molar-refractivity contribution is -0.120. The summed E-state index contributed by atoms with van der Waals surface area (Å²) < 4.78 is 41.2. The number of benzene rings is 1. The number of ether oxygens (including phenoxy) is 3. The summed E-state index contributed by atoms with van der Waals surface area (Å²) in [5, 5.41) is 2.61. The summed E-state index contributed by atoms with van der Waals surface area (Å²) >= 11 is 0. The standard InChI is InChI=1S/C16H24N2O6S/c1-6-8-17-15(19)7-9-18(25(5,20)21)12-10-13(22-2)16(24-4)14(11-12)23-3/h6,10-11H,1,7-9H2,2-5H3,(H,17,19). The van der Waals surface area contributed by atoms with Gasteiger partial charge < -0.3 is 19.5 Å². The van der Waals surface area contributed by atoms with Crippen molar-refractivity contribution in [2.45, 2.75) is 6.42 Å². The molecule has 1 aromatic rings. The lowest BCUT2D eigenvalue weighted by Gasteiger charge is -2.24. The van der Waals surface area contributed by atoms with Crippen molar-refractivity contribution in [2.24, 2.45) is 0 Å². The molecule has 0 fully saturated rings. The number of carbonyl (C=O) groups is 1. The second-order valence-electron chi connectivity index (χ2n) is 5.06. The maximum Gasteiger partial charge on any atom is 0.232 e. The predicted molar refractivity (Wildman–Crippen MR) is 96.1 cm³/mol. The van der Waals surface area contributed by atoms with Crippen molar-refractivity contribution in [1.82, 2.24) is 5.32 Å². The van der Waals surface area contributed by atoms with Crippen molar-refractivity contribution in [3.05, 3.63) is 24.8 Å². The predicted octanol–water partition coefficient (Wildman–Crippen LogP) is 1.17. The van der Waals surface area contributed by atoms with Gasteiger partial charge in [0.25, 0.3) is 0 Å². The van der Waals surface area contributed by atoms with Crippen molar-refractivity contribution < 1.29 is 27.4 Å². The molecule has 8 nitrogen and oxygen atoms in total. The van der Waals surface area contributed by atoms with E-state index in [0.717, 1.165) is 10.6 Å². The average molecular weight is 372 g/mol. The highest BCUT2D eigenvalue weighted by molar-refractivity contribution is 7.92. The minimum atomic E-state index is -3.62. The van der Waals surface area contributed by atoms with E-state index in [9.17, 15) is 13.2 Å². The van der Waals surface area contributed by atoms with E-state index in [4.69, 9.17) is 14.2 Å². The number of carbonyl (C=O) groups excluding carboxylic acids is 1. The van der Waals surface area contributed by atoms with Gasteiger partial charge in [0.1, 0.15) is 0 Å². The number of anilines is 1. The summed E-state index contributed by atoms with van der Waals surface area (Å²) in [6.45, 7) is 3.80. The quantitative estimate of drug-likeness (QED) is 0.620. The molecule has 0 saturated carbocycles. The highest BCUT2D eigenvalue weighted by atomic mass is 32.2. The zero-order valence-corrected chi connectivity index (χ0v) is 15.7. The molecule has 140 valence electrons. The molecule has 1 aromatic carbocycles. The molecule has 0 heterocycles. The van der Waals surface area contributed by atoms with Gasteiger partial charge in [-0.25, -0.2) is 8.42 Å². The normalized spacial score (nSPS) is 10.7. The summed E-state index contributed by atoms with van der Waals surface area (Å²) in [6, 6.07) is 3.04. The molecule has 1 amide bonds. The second-order valence-corrected chi connectivity index (χ2v) is 6.97. The molecule has 0 bridgehead atoms.